The van der Waals surface area contributed by atoms with E-state index in [0.29, 0.717) is 31.7 Å². The van der Waals surface area contributed by atoms with Crippen molar-refractivity contribution in [1.82, 2.24) is 14.8 Å². The maximum Gasteiger partial charge on any atom is 0.255 e. The number of rotatable bonds is 3. The van der Waals surface area contributed by atoms with Crippen molar-refractivity contribution in [3.63, 3.8) is 0 Å². The molecule has 5 nitrogen and oxygen atoms in total. The fourth-order valence-corrected chi connectivity index (χ4v) is 3.99. The second-order valence-corrected chi connectivity index (χ2v) is 7.93. The van der Waals surface area contributed by atoms with Crippen molar-refractivity contribution in [2.75, 3.05) is 26.2 Å². The largest absolute Gasteiger partial charge is 0.339 e. The summed E-state index contributed by atoms with van der Waals surface area (Å²) >= 11 is 3.33. The van der Waals surface area contributed by atoms with Crippen LogP contribution >= 0.6 is 15.9 Å². The van der Waals surface area contributed by atoms with Crippen LogP contribution in [0, 0.1) is 11.7 Å². The van der Waals surface area contributed by atoms with E-state index in [-0.39, 0.29) is 29.5 Å². The zero-order valence-corrected chi connectivity index (χ0v) is 16.2. The van der Waals surface area contributed by atoms with Gasteiger partial charge in [0.15, 0.2) is 0 Å². The quantitative estimate of drug-likeness (QED) is 0.750. The summed E-state index contributed by atoms with van der Waals surface area (Å²) in [6, 6.07) is 8.16. The molecule has 2 amide bonds. The molecule has 1 saturated carbocycles. The zero-order valence-electron chi connectivity index (χ0n) is 14.6. The number of hydrogen-bond donors (Lipinski definition) is 0. The average molecular weight is 432 g/mol. The third kappa shape index (κ3) is 3.88. The lowest BCUT2D eigenvalue weighted by atomic mass is 10.1. The van der Waals surface area contributed by atoms with Crippen LogP contribution in [-0.2, 0) is 4.79 Å². The number of hydrogen-bond acceptors (Lipinski definition) is 3. The van der Waals surface area contributed by atoms with Crippen LogP contribution in [0.5, 0.6) is 0 Å². The van der Waals surface area contributed by atoms with E-state index in [2.05, 4.69) is 20.9 Å². The normalized spacial score (nSPS) is 21.9. The van der Waals surface area contributed by atoms with Crippen LogP contribution in [0.15, 0.2) is 47.2 Å². The Kier molecular flexibility index (Phi) is 4.95. The van der Waals surface area contributed by atoms with Crippen molar-refractivity contribution < 1.29 is 14.0 Å². The number of carbonyl (C=O) groups excluding carboxylic acids is 2. The molecule has 0 N–H and O–H groups in total. The molecule has 2 atom stereocenters. The summed E-state index contributed by atoms with van der Waals surface area (Å²) in [7, 11) is 0. The lowest BCUT2D eigenvalue weighted by Crippen LogP contribution is -2.51. The Balaban J connectivity index is 1.32. The third-order valence-corrected chi connectivity index (χ3v) is 5.67. The maximum atomic E-state index is 13.0. The van der Waals surface area contributed by atoms with Gasteiger partial charge in [0.25, 0.3) is 5.91 Å². The number of carbonyl (C=O) groups is 2. The molecule has 0 unspecified atom stereocenters. The van der Waals surface area contributed by atoms with E-state index in [0.717, 1.165) is 16.5 Å². The summed E-state index contributed by atoms with van der Waals surface area (Å²) in [6.07, 6.45) is 4.01. The molecule has 2 aromatic rings. The number of amides is 2. The summed E-state index contributed by atoms with van der Waals surface area (Å²) in [4.78, 5) is 32.9. The van der Waals surface area contributed by atoms with Gasteiger partial charge in [0.05, 0.1) is 5.56 Å². The van der Waals surface area contributed by atoms with Crippen LogP contribution in [0.1, 0.15) is 28.3 Å². The van der Waals surface area contributed by atoms with E-state index in [1.165, 1.54) is 12.1 Å². The molecular weight excluding hydrogens is 413 g/mol. The molecule has 4 rings (SSSR count). The highest BCUT2D eigenvalue weighted by atomic mass is 79.9. The molecule has 1 aromatic heterocycles. The Bertz CT molecular complexity index is 866. The van der Waals surface area contributed by atoms with Crippen LogP contribution in [0.4, 0.5) is 4.39 Å². The molecule has 27 heavy (non-hydrogen) atoms. The van der Waals surface area contributed by atoms with E-state index in [1.807, 2.05) is 4.90 Å². The molecule has 0 bridgehead atoms. The van der Waals surface area contributed by atoms with Crippen LogP contribution in [0.25, 0.3) is 0 Å². The Hall–Kier alpha value is -2.28. The Morgan fingerprint density at radius 1 is 1.04 bits per heavy atom. The van der Waals surface area contributed by atoms with E-state index >= 15 is 0 Å². The van der Waals surface area contributed by atoms with Crippen LogP contribution in [0.3, 0.4) is 0 Å². The molecule has 140 valence electrons. The number of pyridine rings is 1. The van der Waals surface area contributed by atoms with Crippen molar-refractivity contribution in [3.05, 3.63) is 64.1 Å². The Morgan fingerprint density at radius 2 is 1.70 bits per heavy atom. The molecule has 2 aliphatic rings. The van der Waals surface area contributed by atoms with Crippen molar-refractivity contribution >= 4 is 27.7 Å². The molecule has 1 aliphatic heterocycles. The fourth-order valence-electron chi connectivity index (χ4n) is 3.62. The van der Waals surface area contributed by atoms with Gasteiger partial charge in [0, 0.05) is 49.0 Å². The summed E-state index contributed by atoms with van der Waals surface area (Å²) in [5, 5.41) is 0. The van der Waals surface area contributed by atoms with E-state index < -0.39 is 0 Å². The first-order valence-electron chi connectivity index (χ1n) is 8.97. The molecule has 0 spiro atoms. The molecule has 2 fully saturated rings. The van der Waals surface area contributed by atoms with Gasteiger partial charge in [0.1, 0.15) is 5.82 Å². The smallest absolute Gasteiger partial charge is 0.255 e. The highest BCUT2D eigenvalue weighted by Crippen LogP contribution is 2.48. The van der Waals surface area contributed by atoms with Gasteiger partial charge in [-0.25, -0.2) is 4.39 Å². The molecule has 1 aliphatic carbocycles. The van der Waals surface area contributed by atoms with Crippen LogP contribution in [0.2, 0.25) is 0 Å². The summed E-state index contributed by atoms with van der Waals surface area (Å²) in [6.45, 7) is 2.12. The van der Waals surface area contributed by atoms with Crippen molar-refractivity contribution in [3.8, 4) is 0 Å². The number of nitrogens with zero attached hydrogens (tertiary/aromatic N) is 3. The highest BCUT2D eigenvalue weighted by molar-refractivity contribution is 9.10. The molecule has 0 radical (unpaired) electrons. The van der Waals surface area contributed by atoms with Gasteiger partial charge in [0.2, 0.25) is 5.91 Å². The molecule has 1 saturated heterocycles. The minimum absolute atomic E-state index is 0.0213. The maximum absolute atomic E-state index is 13.0. The van der Waals surface area contributed by atoms with Gasteiger partial charge in [-0.1, -0.05) is 12.1 Å². The SMILES string of the molecule is O=C(c1cncc(Br)c1)N1CCN(C(=O)[C@H]2C[C@@H]2c2ccc(F)cc2)CC1. The van der Waals surface area contributed by atoms with E-state index in [9.17, 15) is 14.0 Å². The van der Waals surface area contributed by atoms with Crippen molar-refractivity contribution in [2.45, 2.75) is 12.3 Å². The number of piperazine rings is 1. The van der Waals surface area contributed by atoms with Gasteiger partial charge in [-0.15, -0.1) is 0 Å². The van der Waals surface area contributed by atoms with E-state index in [1.54, 1.807) is 35.5 Å². The number of aromatic nitrogens is 1. The number of halogens is 2. The Morgan fingerprint density at radius 3 is 2.37 bits per heavy atom. The van der Waals surface area contributed by atoms with Crippen molar-refractivity contribution in [2.24, 2.45) is 5.92 Å². The van der Waals surface area contributed by atoms with Gasteiger partial charge < -0.3 is 9.80 Å². The summed E-state index contributed by atoms with van der Waals surface area (Å²) in [5.74, 6) is -0.0201. The van der Waals surface area contributed by atoms with Gasteiger partial charge in [-0.05, 0) is 52.0 Å². The first-order chi connectivity index (χ1) is 13.0. The molecule has 2 heterocycles. The first kappa shape index (κ1) is 18.1. The van der Waals surface area contributed by atoms with Crippen LogP contribution in [-0.4, -0.2) is 52.8 Å². The topological polar surface area (TPSA) is 53.5 Å². The second kappa shape index (κ2) is 7.38. The molecule has 7 heteroatoms. The van der Waals surface area contributed by atoms with Gasteiger partial charge in [-0.3, -0.25) is 14.6 Å². The number of benzene rings is 1. The monoisotopic (exact) mass is 431 g/mol. The van der Waals surface area contributed by atoms with Crippen LogP contribution < -0.4 is 0 Å². The zero-order chi connectivity index (χ0) is 19.0. The first-order valence-corrected chi connectivity index (χ1v) is 9.76. The average Bonchev–Trinajstić information content (AvgIpc) is 3.48. The second-order valence-electron chi connectivity index (χ2n) is 7.01. The predicted octanol–water partition coefficient (Wildman–Crippen LogP) is 3.07. The summed E-state index contributed by atoms with van der Waals surface area (Å²) in [5.41, 5.74) is 1.56. The lowest BCUT2D eigenvalue weighted by molar-refractivity contribution is -0.134. The van der Waals surface area contributed by atoms with Gasteiger partial charge in [-0.2, -0.15) is 0 Å². The minimum Gasteiger partial charge on any atom is -0.339 e. The summed E-state index contributed by atoms with van der Waals surface area (Å²) < 4.78 is 13.8. The fraction of sp³-hybridized carbons (Fsp3) is 0.350. The highest BCUT2D eigenvalue weighted by Gasteiger charge is 2.46. The predicted molar refractivity (Wildman–Crippen MR) is 102 cm³/mol. The van der Waals surface area contributed by atoms with Gasteiger partial charge >= 0.3 is 0 Å². The third-order valence-electron chi connectivity index (χ3n) is 5.24. The Labute approximate surface area is 165 Å². The molecule has 1 aromatic carbocycles. The lowest BCUT2D eigenvalue weighted by Gasteiger charge is -2.35. The van der Waals surface area contributed by atoms with Crippen molar-refractivity contribution in [1.29, 1.82) is 0 Å². The molecular formula is C20H19BrFN3O2. The van der Waals surface area contributed by atoms with E-state index in [4.69, 9.17) is 0 Å². The standard InChI is InChI=1S/C20H19BrFN3O2/c21-15-9-14(11-23-12-15)19(26)24-5-7-25(8-6-24)20(27)18-10-17(18)13-1-3-16(22)4-2-13/h1-4,9,11-12,17-18H,5-8,10H2/t17-,18+/m1/s1. The minimum atomic E-state index is -0.260.